The number of unbranched alkanes of at least 4 members (excludes halogenated alkanes) is 5. The van der Waals surface area contributed by atoms with Gasteiger partial charge in [-0.15, -0.1) is 0 Å². The highest BCUT2D eigenvalue weighted by atomic mass is 16.7. The van der Waals surface area contributed by atoms with E-state index in [2.05, 4.69) is 10.6 Å². The van der Waals surface area contributed by atoms with Gasteiger partial charge in [-0.05, 0) is 12.8 Å². The lowest BCUT2D eigenvalue weighted by molar-refractivity contribution is -0.332. The van der Waals surface area contributed by atoms with E-state index < -0.39 is 86.3 Å². The van der Waals surface area contributed by atoms with Gasteiger partial charge in [0.05, 0.1) is 19.8 Å². The fraction of sp³-hybridized carbons (Fsp3) is 0.889. The first-order chi connectivity index (χ1) is 20.0. The largest absolute Gasteiger partial charge is 0.466 e. The van der Waals surface area contributed by atoms with E-state index in [0.29, 0.717) is 19.4 Å². The maximum atomic E-state index is 12.0. The van der Waals surface area contributed by atoms with E-state index in [1.165, 1.54) is 13.8 Å². The van der Waals surface area contributed by atoms with Crippen molar-refractivity contribution < 1.29 is 63.6 Å². The lowest BCUT2D eigenvalue weighted by atomic mass is 9.94. The minimum atomic E-state index is -1.58. The summed E-state index contributed by atoms with van der Waals surface area (Å²) in [6.45, 7) is 3.58. The second-order valence-electron chi connectivity index (χ2n) is 10.5. The molecular weight excluding hydrogens is 560 g/mol. The van der Waals surface area contributed by atoms with Gasteiger partial charge in [-0.1, -0.05) is 32.6 Å². The van der Waals surface area contributed by atoms with Crippen LogP contribution in [0.1, 0.15) is 65.7 Å². The lowest BCUT2D eigenvalue weighted by Crippen LogP contribution is -2.69. The zero-order valence-corrected chi connectivity index (χ0v) is 24.6. The van der Waals surface area contributed by atoms with E-state index in [4.69, 9.17) is 23.7 Å². The van der Waals surface area contributed by atoms with Crippen LogP contribution in [0, 0.1) is 0 Å². The monoisotopic (exact) mass is 608 g/mol. The minimum Gasteiger partial charge on any atom is -0.466 e. The van der Waals surface area contributed by atoms with Gasteiger partial charge in [0.25, 0.3) is 0 Å². The third-order valence-electron chi connectivity index (χ3n) is 7.14. The molecule has 0 radical (unpaired) electrons. The summed E-state index contributed by atoms with van der Waals surface area (Å²) in [4.78, 5) is 34.8. The zero-order chi connectivity index (χ0) is 31.2. The number of nitrogens with one attached hydrogen (secondary N) is 2. The fourth-order valence-corrected chi connectivity index (χ4v) is 4.91. The number of carbonyl (C=O) groups excluding carboxylic acids is 3. The average molecular weight is 609 g/mol. The Kier molecular flexibility index (Phi) is 16.1. The molecule has 2 fully saturated rings. The molecule has 0 aromatic rings. The number of hydrogen-bond donors (Lipinski definition) is 7. The molecule has 42 heavy (non-hydrogen) atoms. The number of carbonyl (C=O) groups is 3. The van der Waals surface area contributed by atoms with Crippen LogP contribution < -0.4 is 10.6 Å². The molecule has 7 N–H and O–H groups in total. The van der Waals surface area contributed by atoms with Gasteiger partial charge >= 0.3 is 5.97 Å². The van der Waals surface area contributed by atoms with Gasteiger partial charge in [-0.2, -0.15) is 0 Å². The molecule has 10 atom stereocenters. The van der Waals surface area contributed by atoms with Crippen LogP contribution in [0.15, 0.2) is 0 Å². The molecule has 0 unspecified atom stereocenters. The smallest absolute Gasteiger partial charge is 0.305 e. The number of rotatable bonds is 17. The summed E-state index contributed by atoms with van der Waals surface area (Å²) >= 11 is 0. The zero-order valence-electron chi connectivity index (χ0n) is 24.6. The Balaban J connectivity index is 1.97. The predicted molar refractivity (Wildman–Crippen MR) is 145 cm³/mol. The Morgan fingerprint density at radius 1 is 0.714 bits per heavy atom. The Morgan fingerprint density at radius 2 is 1.24 bits per heavy atom. The van der Waals surface area contributed by atoms with E-state index in [1.54, 1.807) is 6.92 Å². The van der Waals surface area contributed by atoms with Crippen molar-refractivity contribution in [1.82, 2.24) is 10.6 Å². The normalized spacial score (nSPS) is 33.1. The first-order valence-corrected chi connectivity index (χ1v) is 14.6. The van der Waals surface area contributed by atoms with Gasteiger partial charge < -0.3 is 59.9 Å². The molecule has 0 spiro atoms. The van der Waals surface area contributed by atoms with Crippen molar-refractivity contribution in [3.05, 3.63) is 0 Å². The van der Waals surface area contributed by atoms with Crippen LogP contribution in [0.2, 0.25) is 0 Å². The van der Waals surface area contributed by atoms with Crippen molar-refractivity contribution in [3.63, 3.8) is 0 Å². The van der Waals surface area contributed by atoms with Crippen LogP contribution in [0.3, 0.4) is 0 Å². The molecule has 0 aliphatic carbocycles. The molecule has 244 valence electrons. The van der Waals surface area contributed by atoms with Crippen molar-refractivity contribution >= 4 is 17.8 Å². The Hall–Kier alpha value is -1.95. The van der Waals surface area contributed by atoms with Gasteiger partial charge in [-0.25, -0.2) is 0 Å². The van der Waals surface area contributed by atoms with E-state index in [0.717, 1.165) is 32.1 Å². The van der Waals surface area contributed by atoms with E-state index in [1.807, 2.05) is 0 Å². The molecule has 2 heterocycles. The highest BCUT2D eigenvalue weighted by molar-refractivity contribution is 5.73. The molecule has 2 saturated heterocycles. The minimum absolute atomic E-state index is 0.202. The van der Waals surface area contributed by atoms with Gasteiger partial charge in [-0.3, -0.25) is 14.4 Å². The summed E-state index contributed by atoms with van der Waals surface area (Å²) in [6, 6.07) is -2.39. The van der Waals surface area contributed by atoms with Crippen molar-refractivity contribution in [2.45, 2.75) is 127 Å². The van der Waals surface area contributed by atoms with Crippen LogP contribution in [0.5, 0.6) is 0 Å². The number of amides is 2. The van der Waals surface area contributed by atoms with Crippen LogP contribution in [0.25, 0.3) is 0 Å². The average Bonchev–Trinajstić information content (AvgIpc) is 2.95. The number of hydrogen-bond acceptors (Lipinski definition) is 13. The fourth-order valence-electron chi connectivity index (χ4n) is 4.91. The predicted octanol–water partition coefficient (Wildman–Crippen LogP) is -1.79. The molecular formula is C27H48N2O13. The van der Waals surface area contributed by atoms with Crippen LogP contribution >= 0.6 is 0 Å². The summed E-state index contributed by atoms with van der Waals surface area (Å²) in [5.41, 5.74) is 0. The molecule has 15 nitrogen and oxygen atoms in total. The van der Waals surface area contributed by atoms with Crippen LogP contribution in [-0.4, -0.2) is 131 Å². The third kappa shape index (κ3) is 11.0. The number of esters is 1. The quantitative estimate of drug-likeness (QED) is 0.0717. The van der Waals surface area contributed by atoms with Gasteiger partial charge in [0.15, 0.2) is 12.6 Å². The Labute approximate surface area is 245 Å². The molecule has 2 aliphatic heterocycles. The highest BCUT2D eigenvalue weighted by Crippen LogP contribution is 2.30. The van der Waals surface area contributed by atoms with Crippen molar-refractivity contribution in [1.29, 1.82) is 0 Å². The van der Waals surface area contributed by atoms with E-state index in [-0.39, 0.29) is 12.6 Å². The summed E-state index contributed by atoms with van der Waals surface area (Å²) in [6.07, 6.45) is -5.39. The number of aliphatic hydroxyl groups excluding tert-OH is 5. The first kappa shape index (κ1) is 36.2. The summed E-state index contributed by atoms with van der Waals surface area (Å²) in [5, 5.41) is 56.7. The second kappa shape index (κ2) is 18.7. The summed E-state index contributed by atoms with van der Waals surface area (Å²) in [5.74, 6) is -1.25. The van der Waals surface area contributed by atoms with Crippen molar-refractivity contribution in [2.24, 2.45) is 0 Å². The maximum Gasteiger partial charge on any atom is 0.305 e. The van der Waals surface area contributed by atoms with Crippen molar-refractivity contribution in [2.75, 3.05) is 26.4 Å². The van der Waals surface area contributed by atoms with E-state index >= 15 is 0 Å². The standard InChI is InChI=1S/C27H48N2O13/c1-4-19(34)38-11-9-7-5-6-8-10-12-39-26-21(29-16(3)33)24(37)25(18(14-31)41-26)42-27-20(28-15(2)32)23(36)22(35)17(13-30)40-27/h17-18,20-27,30-31,35-37H,4-14H2,1-3H3,(H,28,32)(H,29,33)/t17-,18-,20-,21-,22-,23-,24-,25-,26-,27+/m1/s1. The van der Waals surface area contributed by atoms with Gasteiger partial charge in [0.1, 0.15) is 48.7 Å². The summed E-state index contributed by atoms with van der Waals surface area (Å²) in [7, 11) is 0. The maximum absolute atomic E-state index is 12.0. The second-order valence-corrected chi connectivity index (χ2v) is 10.5. The first-order valence-electron chi connectivity index (χ1n) is 14.6. The Morgan fingerprint density at radius 3 is 1.79 bits per heavy atom. The lowest BCUT2D eigenvalue weighted by Gasteiger charge is -2.48. The summed E-state index contributed by atoms with van der Waals surface area (Å²) < 4.78 is 28.3. The molecule has 2 aliphatic rings. The molecule has 2 amide bonds. The SMILES string of the molecule is CCC(=O)OCCCCCCCCO[C@@H]1O[C@H](CO)[C@@H](O[C@@H]2O[C@H](CO)[C@@H](O)[C@H](O)[C@H]2NC(C)=O)[C@H](O)[C@H]1NC(C)=O. The molecule has 0 aromatic heterocycles. The highest BCUT2D eigenvalue weighted by Gasteiger charge is 2.51. The molecule has 0 bridgehead atoms. The molecule has 15 heteroatoms. The van der Waals surface area contributed by atoms with Crippen LogP contribution in [0.4, 0.5) is 0 Å². The molecule has 0 aromatic carbocycles. The topological polar surface area (TPSA) is 223 Å². The molecule has 0 saturated carbocycles. The van der Waals surface area contributed by atoms with E-state index in [9.17, 15) is 39.9 Å². The number of aliphatic hydroxyl groups is 5. The van der Waals surface area contributed by atoms with Crippen LogP contribution in [-0.2, 0) is 38.1 Å². The van der Waals surface area contributed by atoms with Gasteiger partial charge in [0.2, 0.25) is 11.8 Å². The third-order valence-corrected chi connectivity index (χ3v) is 7.14. The van der Waals surface area contributed by atoms with Gasteiger partial charge in [0, 0.05) is 26.9 Å². The number of ether oxygens (including phenoxy) is 5. The van der Waals surface area contributed by atoms with Crippen molar-refractivity contribution in [3.8, 4) is 0 Å². The Bertz CT molecular complexity index is 834. The molecule has 2 rings (SSSR count).